The molecule has 0 aliphatic rings. The van der Waals surface area contributed by atoms with Gasteiger partial charge in [-0.1, -0.05) is 0 Å². The van der Waals surface area contributed by atoms with Gasteiger partial charge in [-0.15, -0.1) is 0 Å². The second-order valence-corrected chi connectivity index (χ2v) is 11.0. The van der Waals surface area contributed by atoms with E-state index < -0.39 is 125 Å². The Balaban J connectivity index is 2.44. The minimum atomic E-state index is -8.96. The van der Waals surface area contributed by atoms with Crippen molar-refractivity contribution in [1.82, 2.24) is 0 Å². The number of anilines is 2. The molecule has 0 atom stereocenters. The fourth-order valence-corrected chi connectivity index (χ4v) is 3.54. The van der Waals surface area contributed by atoms with Crippen LogP contribution < -0.4 is 11.5 Å². The predicted molar refractivity (Wildman–Crippen MR) is 132 cm³/mol. The van der Waals surface area contributed by atoms with Gasteiger partial charge in [-0.05, 0) is 36.4 Å². The first-order chi connectivity index (χ1) is 25.6. The highest BCUT2D eigenvalue weighted by molar-refractivity contribution is 5.55. The Morgan fingerprint density at radius 1 is 0.322 bits per heavy atom. The summed E-state index contributed by atoms with van der Waals surface area (Å²) in [6.07, 6.45) is -65.1. The minimum Gasteiger partial charge on any atom is -0.506 e. The summed E-state index contributed by atoms with van der Waals surface area (Å²) in [6, 6.07) is -1.72. The van der Waals surface area contributed by atoms with Crippen LogP contribution in [0.4, 0.5) is 126 Å². The zero-order valence-corrected chi connectivity index (χ0v) is 26.5. The molecule has 0 aliphatic carbocycles. The quantitative estimate of drug-likeness (QED) is 0.0661. The summed E-state index contributed by atoms with van der Waals surface area (Å²) in [5.41, 5.74) is 2.12. The van der Waals surface area contributed by atoms with Crippen molar-refractivity contribution in [1.29, 1.82) is 0 Å². The Bertz CT molecular complexity index is 1850. The van der Waals surface area contributed by atoms with E-state index in [-0.39, 0.29) is 24.3 Å². The summed E-state index contributed by atoms with van der Waals surface area (Å²) >= 11 is 0. The monoisotopic (exact) mass is 930 g/mol. The first-order valence-electron chi connectivity index (χ1n) is 13.5. The Hall–Kier alpha value is -4.34. The summed E-state index contributed by atoms with van der Waals surface area (Å²) in [5.74, 6) is -41.2. The lowest BCUT2D eigenvalue weighted by Crippen LogP contribution is -2.68. The van der Waals surface area contributed by atoms with Crippen molar-refractivity contribution in [3.8, 4) is 11.5 Å². The summed E-state index contributed by atoms with van der Waals surface area (Å²) in [7, 11) is 0. The highest BCUT2D eigenvalue weighted by atomic mass is 19.4. The van der Waals surface area contributed by atoms with Crippen molar-refractivity contribution in [2.45, 2.75) is 78.5 Å². The van der Waals surface area contributed by atoms with Crippen LogP contribution in [0, 0.1) is 0 Å². The topological polar surface area (TPSA) is 129 Å². The zero-order valence-electron chi connectivity index (χ0n) is 26.5. The van der Waals surface area contributed by atoms with Crippen LogP contribution in [-0.4, -0.2) is 76.8 Å². The van der Waals surface area contributed by atoms with Gasteiger partial charge in [0.2, 0.25) is 0 Å². The van der Waals surface area contributed by atoms with Crippen molar-refractivity contribution < 1.29 is 143 Å². The number of benzene rings is 2. The van der Waals surface area contributed by atoms with Gasteiger partial charge in [-0.2, -0.15) is 114 Å². The van der Waals surface area contributed by atoms with Crippen molar-refractivity contribution in [3.63, 3.8) is 0 Å². The van der Waals surface area contributed by atoms with Gasteiger partial charge in [0, 0.05) is 11.1 Å². The average Bonchev–Trinajstić information content (AvgIpc) is 3.00. The molecule has 0 saturated heterocycles. The van der Waals surface area contributed by atoms with E-state index in [1.54, 1.807) is 4.74 Å². The number of hydrogen-bond donors (Lipinski definition) is 4. The van der Waals surface area contributed by atoms with Gasteiger partial charge in [0.05, 0.1) is 11.4 Å². The predicted octanol–water partition coefficient (Wildman–Crippen LogP) is 9.86. The standard InChI is InChI=1S/C25H12F26N2O6/c26-13(27,7-1-3-11(54)9(52)5-7)15(30,31)19(38,39)57-20(40,41)16(32,33)17(34,35)21(42,43)58-23(46,47)25(50,51)59-24(48,49)22(44,45)56-18(36,37)14(28,29)8-2-4-12(55)10(53)6-8/h1-6,54-55H,52-53H2. The Labute approximate surface area is 304 Å². The van der Waals surface area contributed by atoms with Crippen LogP contribution in [-0.2, 0) is 30.8 Å². The molecule has 0 bridgehead atoms. The van der Waals surface area contributed by atoms with E-state index >= 15 is 0 Å². The molecule has 340 valence electrons. The molecule has 0 heterocycles. The van der Waals surface area contributed by atoms with E-state index in [1.165, 1.54) is 9.47 Å². The second kappa shape index (κ2) is 14.4. The molecule has 6 N–H and O–H groups in total. The number of nitrogens with two attached hydrogens (primary N) is 2. The van der Waals surface area contributed by atoms with E-state index in [1.807, 2.05) is 0 Å². The van der Waals surface area contributed by atoms with Gasteiger partial charge in [0.1, 0.15) is 11.5 Å². The molecular weight excluding hydrogens is 918 g/mol. The van der Waals surface area contributed by atoms with Crippen molar-refractivity contribution >= 4 is 11.4 Å². The molecule has 0 radical (unpaired) electrons. The smallest absolute Gasteiger partial charge is 0.453 e. The number of alkyl halides is 26. The van der Waals surface area contributed by atoms with Crippen LogP contribution >= 0.6 is 0 Å². The third-order valence-corrected chi connectivity index (χ3v) is 6.73. The minimum absolute atomic E-state index is 0.0178. The third kappa shape index (κ3) is 8.52. The van der Waals surface area contributed by atoms with Gasteiger partial charge in [0.25, 0.3) is 0 Å². The van der Waals surface area contributed by atoms with E-state index in [4.69, 9.17) is 21.7 Å². The van der Waals surface area contributed by atoms with Crippen molar-refractivity contribution in [2.75, 3.05) is 11.5 Å². The normalized spacial score (nSPS) is 15.5. The number of nitrogen functional groups attached to an aromatic ring is 2. The van der Waals surface area contributed by atoms with Crippen LogP contribution in [0.1, 0.15) is 11.1 Å². The SMILES string of the molecule is Nc1cc(C(F)(F)C(F)(F)OC(F)(F)C(F)(F)OC(F)(F)C(F)(F)OC(F)(F)C(F)(F)C(F)(F)C(F)(F)OC(F)(F)C(F)(F)C(F)(F)c2ccc(O)c(N)c2)ccc1O. The van der Waals surface area contributed by atoms with Crippen LogP contribution in [0.25, 0.3) is 0 Å². The molecule has 0 aliphatic heterocycles. The lowest BCUT2D eigenvalue weighted by Gasteiger charge is -2.40. The number of ether oxygens (including phenoxy) is 4. The molecule has 59 heavy (non-hydrogen) atoms. The zero-order chi connectivity index (χ0) is 47.0. The molecule has 0 amide bonds. The molecule has 0 aromatic heterocycles. The van der Waals surface area contributed by atoms with E-state index in [0.29, 0.717) is 0 Å². The molecule has 0 saturated carbocycles. The van der Waals surface area contributed by atoms with E-state index in [2.05, 4.69) is 0 Å². The van der Waals surface area contributed by atoms with Crippen molar-refractivity contribution in [2.24, 2.45) is 0 Å². The summed E-state index contributed by atoms with van der Waals surface area (Å²) in [5, 5.41) is 18.2. The maximum absolute atomic E-state index is 14.2. The van der Waals surface area contributed by atoms with Gasteiger partial charge in [-0.3, -0.25) is 0 Å². The maximum Gasteiger partial charge on any atom is 0.453 e. The number of phenolic OH excluding ortho intramolecular Hbond substituents is 2. The summed E-state index contributed by atoms with van der Waals surface area (Å²) < 4.78 is 368. The number of rotatable bonds is 18. The first kappa shape index (κ1) is 50.8. The van der Waals surface area contributed by atoms with Crippen LogP contribution in [0.15, 0.2) is 36.4 Å². The summed E-state index contributed by atoms with van der Waals surface area (Å²) in [6.45, 7) is 0. The third-order valence-electron chi connectivity index (χ3n) is 6.73. The van der Waals surface area contributed by atoms with Gasteiger partial charge in [-0.25, -0.2) is 18.9 Å². The largest absolute Gasteiger partial charge is 0.506 e. The second-order valence-electron chi connectivity index (χ2n) is 11.0. The Morgan fingerprint density at radius 3 is 0.864 bits per heavy atom. The van der Waals surface area contributed by atoms with E-state index in [0.717, 1.165) is 4.74 Å². The highest BCUT2D eigenvalue weighted by Gasteiger charge is 2.88. The fraction of sp³-hybridized carbons (Fsp3) is 0.520. The Kier molecular flexibility index (Phi) is 12.4. The highest BCUT2D eigenvalue weighted by Crippen LogP contribution is 2.60. The van der Waals surface area contributed by atoms with Gasteiger partial charge < -0.3 is 21.7 Å². The first-order valence-corrected chi connectivity index (χ1v) is 13.5. The van der Waals surface area contributed by atoms with Gasteiger partial charge in [0.15, 0.2) is 0 Å². The molecule has 34 heteroatoms. The van der Waals surface area contributed by atoms with Crippen LogP contribution in [0.2, 0.25) is 0 Å². The van der Waals surface area contributed by atoms with Crippen molar-refractivity contribution in [3.05, 3.63) is 47.5 Å². The average molecular weight is 930 g/mol. The van der Waals surface area contributed by atoms with Crippen LogP contribution in [0.5, 0.6) is 11.5 Å². The van der Waals surface area contributed by atoms with Gasteiger partial charge >= 0.3 is 78.5 Å². The number of phenols is 2. The molecule has 2 aromatic carbocycles. The number of halogens is 26. The maximum atomic E-state index is 14.2. The van der Waals surface area contributed by atoms with E-state index in [9.17, 15) is 114 Å². The fourth-order valence-electron chi connectivity index (χ4n) is 3.54. The molecule has 2 aromatic rings. The Morgan fingerprint density at radius 2 is 0.559 bits per heavy atom. The molecule has 8 nitrogen and oxygen atoms in total. The van der Waals surface area contributed by atoms with Crippen LogP contribution in [0.3, 0.4) is 0 Å². The number of aromatic hydroxyl groups is 2. The molecular formula is C25H12F26N2O6. The molecule has 0 spiro atoms. The lowest BCUT2D eigenvalue weighted by molar-refractivity contribution is -0.577. The lowest BCUT2D eigenvalue weighted by atomic mass is 10.0. The molecule has 2 rings (SSSR count). The number of hydrogen-bond acceptors (Lipinski definition) is 8. The molecule has 0 unspecified atom stereocenters. The summed E-state index contributed by atoms with van der Waals surface area (Å²) in [4.78, 5) is 0. The molecule has 0 fully saturated rings.